The van der Waals surface area contributed by atoms with E-state index in [1.54, 1.807) is 43.5 Å². The topological polar surface area (TPSA) is 101 Å². The lowest BCUT2D eigenvalue weighted by molar-refractivity contribution is 0.0920. The van der Waals surface area contributed by atoms with Gasteiger partial charge in [0.2, 0.25) is 5.78 Å². The van der Waals surface area contributed by atoms with Crippen molar-refractivity contribution >= 4 is 45.1 Å². The van der Waals surface area contributed by atoms with E-state index in [2.05, 4.69) is 19.6 Å². The number of oxime groups is 1. The SMILES string of the molecule is [C-]#[N+]c1ccc2c(c1)c1cc(C(=O)/C(=N/OC(=O)n3ccnc3)c3ccc(OC(C)COC)cc3C)ccc1n2CC. The van der Waals surface area contributed by atoms with Crippen LogP contribution in [0, 0.1) is 13.5 Å². The molecule has 0 amide bonds. The molecule has 0 radical (unpaired) electrons. The summed E-state index contributed by atoms with van der Waals surface area (Å²) in [4.78, 5) is 39.3. The number of ketones is 1. The fourth-order valence-corrected chi connectivity index (χ4v) is 4.97. The molecule has 3 aromatic carbocycles. The van der Waals surface area contributed by atoms with Gasteiger partial charge in [0, 0.05) is 53.6 Å². The summed E-state index contributed by atoms with van der Waals surface area (Å²) in [5, 5.41) is 5.78. The molecule has 5 rings (SSSR count). The van der Waals surface area contributed by atoms with Crippen LogP contribution in [0.1, 0.15) is 35.3 Å². The largest absolute Gasteiger partial charge is 0.488 e. The van der Waals surface area contributed by atoms with Gasteiger partial charge in [-0.15, -0.1) is 0 Å². The van der Waals surface area contributed by atoms with E-state index in [-0.39, 0.29) is 11.8 Å². The number of methoxy groups -OCH3 is 1. The zero-order chi connectivity index (χ0) is 29.8. The first-order valence-electron chi connectivity index (χ1n) is 13.4. The number of ether oxygens (including phenoxy) is 2. The minimum Gasteiger partial charge on any atom is -0.488 e. The second-order valence-electron chi connectivity index (χ2n) is 9.75. The number of fused-ring (bicyclic) bond motifs is 3. The molecule has 0 N–H and O–H groups in total. The number of hydrogen-bond acceptors (Lipinski definition) is 7. The van der Waals surface area contributed by atoms with Gasteiger partial charge in [-0.25, -0.2) is 19.2 Å². The minimum atomic E-state index is -0.808. The van der Waals surface area contributed by atoms with Gasteiger partial charge < -0.3 is 14.0 Å². The summed E-state index contributed by atoms with van der Waals surface area (Å²) in [6, 6.07) is 16.2. The number of Topliss-reactive ketones (excluding diaryl/α,β-unsaturated/α-hetero) is 1. The Labute approximate surface area is 242 Å². The first kappa shape index (κ1) is 28.3. The molecule has 0 fully saturated rings. The third-order valence-corrected chi connectivity index (χ3v) is 6.89. The van der Waals surface area contributed by atoms with Crippen molar-refractivity contribution in [3.05, 3.63) is 101 Å². The number of rotatable bonds is 9. The zero-order valence-corrected chi connectivity index (χ0v) is 23.7. The molecule has 0 bridgehead atoms. The number of carbonyl (C=O) groups is 2. The molecular weight excluding hydrogens is 534 g/mol. The van der Waals surface area contributed by atoms with Crippen LogP contribution in [0.15, 0.2) is 78.5 Å². The van der Waals surface area contributed by atoms with E-state index in [0.717, 1.165) is 32.9 Å². The summed E-state index contributed by atoms with van der Waals surface area (Å²) in [6.07, 6.45) is 3.16. The Morgan fingerprint density at radius 1 is 1.07 bits per heavy atom. The van der Waals surface area contributed by atoms with Crippen LogP contribution in [0.4, 0.5) is 10.5 Å². The summed E-state index contributed by atoms with van der Waals surface area (Å²) in [6.45, 7) is 14.4. The summed E-state index contributed by atoms with van der Waals surface area (Å²) in [5.74, 6) is 0.172. The van der Waals surface area contributed by atoms with Crippen molar-refractivity contribution in [3.8, 4) is 5.75 Å². The van der Waals surface area contributed by atoms with E-state index < -0.39 is 11.9 Å². The van der Waals surface area contributed by atoms with Crippen LogP contribution in [0.5, 0.6) is 5.75 Å². The molecule has 2 heterocycles. The van der Waals surface area contributed by atoms with Gasteiger partial charge in [-0.2, -0.15) is 0 Å². The summed E-state index contributed by atoms with van der Waals surface area (Å²) < 4.78 is 14.3. The first-order chi connectivity index (χ1) is 20.3. The molecule has 2 aromatic heterocycles. The fraction of sp³-hybridized carbons (Fsp3) is 0.219. The third-order valence-electron chi connectivity index (χ3n) is 6.89. The van der Waals surface area contributed by atoms with Crippen LogP contribution >= 0.6 is 0 Å². The Kier molecular flexibility index (Phi) is 8.13. The Balaban J connectivity index is 1.59. The first-order valence-corrected chi connectivity index (χ1v) is 13.4. The van der Waals surface area contributed by atoms with E-state index in [0.29, 0.717) is 34.7 Å². The molecule has 42 heavy (non-hydrogen) atoms. The number of nitrogens with zero attached hydrogens (tertiary/aromatic N) is 5. The minimum absolute atomic E-state index is 0.0436. The highest BCUT2D eigenvalue weighted by atomic mass is 16.7. The average molecular weight is 564 g/mol. The summed E-state index contributed by atoms with van der Waals surface area (Å²) >= 11 is 0. The van der Waals surface area contributed by atoms with E-state index in [1.807, 2.05) is 39.0 Å². The predicted octanol–water partition coefficient (Wildman–Crippen LogP) is 6.56. The lowest BCUT2D eigenvalue weighted by Crippen LogP contribution is -2.20. The molecule has 0 aliphatic carbocycles. The molecule has 0 spiro atoms. The van der Waals surface area contributed by atoms with Crippen LogP contribution in [-0.2, 0) is 16.1 Å². The van der Waals surface area contributed by atoms with Crippen LogP contribution < -0.4 is 4.74 Å². The molecule has 0 saturated carbocycles. The van der Waals surface area contributed by atoms with Gasteiger partial charge in [0.25, 0.3) is 0 Å². The second kappa shape index (κ2) is 12.1. The molecule has 10 heteroatoms. The molecule has 0 saturated heterocycles. The third kappa shape index (κ3) is 5.50. The Bertz CT molecular complexity index is 1860. The standard InChI is InChI=1S/C32H29N5O5/c1-6-37-28-11-7-22(16-26(28)27-17-23(33-4)8-12-29(27)37)31(38)30(35-42-32(39)36-14-13-34-19-36)25-10-9-24(15-20(25)2)41-21(3)18-40-5/h7-17,19,21H,6,18H2,1-3,5H3/b35-30+. The van der Waals surface area contributed by atoms with E-state index in [9.17, 15) is 9.59 Å². The second-order valence-corrected chi connectivity index (χ2v) is 9.75. The predicted molar refractivity (Wildman–Crippen MR) is 159 cm³/mol. The molecule has 1 atom stereocenters. The monoisotopic (exact) mass is 563 g/mol. The Hall–Kier alpha value is -5.27. The average Bonchev–Trinajstić information content (AvgIpc) is 3.64. The van der Waals surface area contributed by atoms with Crippen molar-refractivity contribution in [3.63, 3.8) is 0 Å². The van der Waals surface area contributed by atoms with Gasteiger partial charge in [-0.3, -0.25) is 9.63 Å². The van der Waals surface area contributed by atoms with Crippen LogP contribution in [0.25, 0.3) is 26.7 Å². The van der Waals surface area contributed by atoms with Gasteiger partial charge >= 0.3 is 6.09 Å². The highest BCUT2D eigenvalue weighted by molar-refractivity contribution is 6.51. The van der Waals surface area contributed by atoms with Crippen molar-refractivity contribution in [2.75, 3.05) is 13.7 Å². The maximum Gasteiger partial charge on any atom is 0.445 e. The van der Waals surface area contributed by atoms with Gasteiger partial charge in [-0.1, -0.05) is 11.2 Å². The molecule has 212 valence electrons. The molecular formula is C32H29N5O5. The van der Waals surface area contributed by atoms with Gasteiger partial charge in [0.1, 0.15) is 18.2 Å². The quantitative estimate of drug-likeness (QED) is 0.0662. The number of imidazole rings is 1. The highest BCUT2D eigenvalue weighted by Crippen LogP contribution is 2.33. The lowest BCUT2D eigenvalue weighted by Gasteiger charge is -2.16. The molecule has 1 unspecified atom stereocenters. The van der Waals surface area contributed by atoms with Crippen LogP contribution in [0.3, 0.4) is 0 Å². The number of aryl methyl sites for hydroxylation is 2. The van der Waals surface area contributed by atoms with Crippen molar-refractivity contribution in [2.45, 2.75) is 33.4 Å². The maximum absolute atomic E-state index is 14.1. The number of aromatic nitrogens is 3. The van der Waals surface area contributed by atoms with Gasteiger partial charge in [-0.05, 0) is 80.3 Å². The van der Waals surface area contributed by atoms with Crippen molar-refractivity contribution in [1.29, 1.82) is 0 Å². The van der Waals surface area contributed by atoms with Gasteiger partial charge in [0.15, 0.2) is 11.4 Å². The highest BCUT2D eigenvalue weighted by Gasteiger charge is 2.23. The summed E-state index contributed by atoms with van der Waals surface area (Å²) in [5.41, 5.74) is 3.93. The number of carbonyl (C=O) groups excluding carboxylic acids is 2. The Morgan fingerprint density at radius 3 is 2.50 bits per heavy atom. The van der Waals surface area contributed by atoms with Crippen molar-refractivity contribution in [2.24, 2.45) is 5.16 Å². The lowest BCUT2D eigenvalue weighted by atomic mass is 9.96. The normalized spacial score (nSPS) is 12.3. The number of benzene rings is 3. The fourth-order valence-electron chi connectivity index (χ4n) is 4.97. The Morgan fingerprint density at radius 2 is 1.83 bits per heavy atom. The van der Waals surface area contributed by atoms with E-state index >= 15 is 0 Å². The van der Waals surface area contributed by atoms with Crippen LogP contribution in [-0.4, -0.2) is 51.5 Å². The molecule has 10 nitrogen and oxygen atoms in total. The van der Waals surface area contributed by atoms with Crippen molar-refractivity contribution in [1.82, 2.24) is 14.1 Å². The smallest absolute Gasteiger partial charge is 0.445 e. The number of hydrogen-bond donors (Lipinski definition) is 0. The van der Waals surface area contributed by atoms with Crippen LogP contribution in [0.2, 0.25) is 0 Å². The molecule has 0 aliphatic heterocycles. The van der Waals surface area contributed by atoms with Gasteiger partial charge in [0.05, 0.1) is 13.2 Å². The molecule has 5 aromatic rings. The van der Waals surface area contributed by atoms with Crippen molar-refractivity contribution < 1.29 is 23.9 Å². The molecule has 0 aliphatic rings. The van der Waals surface area contributed by atoms with E-state index in [1.165, 1.54) is 18.7 Å². The zero-order valence-electron chi connectivity index (χ0n) is 23.7. The summed E-state index contributed by atoms with van der Waals surface area (Å²) in [7, 11) is 1.61. The maximum atomic E-state index is 14.1. The van der Waals surface area contributed by atoms with E-state index in [4.69, 9.17) is 20.9 Å².